The number of anilines is 2. The van der Waals surface area contributed by atoms with Crippen LogP contribution in [0.4, 0.5) is 15.8 Å². The summed E-state index contributed by atoms with van der Waals surface area (Å²) < 4.78 is 40.6. The van der Waals surface area contributed by atoms with Gasteiger partial charge in [0.05, 0.1) is 11.9 Å². The van der Waals surface area contributed by atoms with Gasteiger partial charge in [0.1, 0.15) is 10.7 Å². The molecule has 0 radical (unpaired) electrons. The summed E-state index contributed by atoms with van der Waals surface area (Å²) in [4.78, 5) is 3.24. The number of hydrogen-bond acceptors (Lipinski definition) is 4. The second-order valence-corrected chi connectivity index (χ2v) is 7.19. The Morgan fingerprint density at radius 3 is 2.30 bits per heavy atom. The molecule has 0 atom stereocenters. The summed E-state index contributed by atoms with van der Waals surface area (Å²) in [5.74, 6) is -0.733. The molecule has 0 saturated carbocycles. The van der Waals surface area contributed by atoms with E-state index in [0.717, 1.165) is 18.5 Å². The zero-order chi connectivity index (χ0) is 14.9. The van der Waals surface area contributed by atoms with Gasteiger partial charge in [-0.05, 0) is 50.1 Å². The highest BCUT2D eigenvalue weighted by Gasteiger charge is 2.18. The van der Waals surface area contributed by atoms with Crippen LogP contribution in [0.1, 0.15) is 0 Å². The number of nitrogens with two attached hydrogens (primary N) is 1. The second kappa shape index (κ2) is 5.66. The SMILES string of the molecule is Nc1cc(Br)c(NS(=O)(=O)c2cncc(F)c2)c(Br)c1. The number of nitrogens with one attached hydrogen (secondary N) is 1. The minimum absolute atomic E-state index is 0.267. The zero-order valence-electron chi connectivity index (χ0n) is 9.77. The number of nitrogens with zero attached hydrogens (tertiary/aromatic N) is 1. The highest BCUT2D eigenvalue weighted by molar-refractivity contribution is 9.11. The van der Waals surface area contributed by atoms with Gasteiger partial charge in [-0.2, -0.15) is 0 Å². The van der Waals surface area contributed by atoms with Crippen molar-refractivity contribution in [2.75, 3.05) is 10.5 Å². The van der Waals surface area contributed by atoms with Crippen molar-refractivity contribution in [3.63, 3.8) is 0 Å². The predicted molar refractivity (Wildman–Crippen MR) is 81.3 cm³/mol. The van der Waals surface area contributed by atoms with E-state index in [1.54, 1.807) is 12.1 Å². The van der Waals surface area contributed by atoms with E-state index in [2.05, 4.69) is 41.6 Å². The maximum atomic E-state index is 13.1. The van der Waals surface area contributed by atoms with Crippen LogP contribution in [0.15, 0.2) is 44.4 Å². The molecular formula is C11H8Br2FN3O2S. The van der Waals surface area contributed by atoms with E-state index in [4.69, 9.17) is 5.73 Å². The quantitative estimate of drug-likeness (QED) is 0.741. The molecule has 0 aliphatic carbocycles. The Morgan fingerprint density at radius 1 is 1.15 bits per heavy atom. The smallest absolute Gasteiger partial charge is 0.263 e. The maximum Gasteiger partial charge on any atom is 0.263 e. The molecule has 2 aromatic rings. The Morgan fingerprint density at radius 2 is 1.75 bits per heavy atom. The van der Waals surface area contributed by atoms with Crippen LogP contribution in [-0.4, -0.2) is 13.4 Å². The van der Waals surface area contributed by atoms with Gasteiger partial charge in [0.2, 0.25) is 0 Å². The van der Waals surface area contributed by atoms with Crippen molar-refractivity contribution in [3.05, 3.63) is 45.4 Å². The lowest BCUT2D eigenvalue weighted by Crippen LogP contribution is -2.14. The summed E-state index contributed by atoms with van der Waals surface area (Å²) in [7, 11) is -3.95. The summed E-state index contributed by atoms with van der Waals surface area (Å²) >= 11 is 6.42. The van der Waals surface area contributed by atoms with Gasteiger partial charge in [-0.3, -0.25) is 9.71 Å². The van der Waals surface area contributed by atoms with Crippen LogP contribution >= 0.6 is 31.9 Å². The molecule has 0 spiro atoms. The standard InChI is InChI=1S/C11H8Br2FN3O2S/c12-9-2-7(15)3-10(13)11(9)17-20(18,19)8-1-6(14)4-16-5-8/h1-5,17H,15H2. The number of halogens is 3. The predicted octanol–water partition coefficient (Wildman–Crippen LogP) is 3.13. The lowest BCUT2D eigenvalue weighted by atomic mass is 10.3. The van der Waals surface area contributed by atoms with Crippen molar-refractivity contribution < 1.29 is 12.8 Å². The number of nitrogen functional groups attached to an aromatic ring is 1. The van der Waals surface area contributed by atoms with Crippen molar-refractivity contribution in [3.8, 4) is 0 Å². The average molecular weight is 425 g/mol. The Bertz CT molecular complexity index is 745. The third kappa shape index (κ3) is 3.28. The highest BCUT2D eigenvalue weighted by atomic mass is 79.9. The molecule has 1 aromatic carbocycles. The molecule has 9 heteroatoms. The fourth-order valence-electron chi connectivity index (χ4n) is 1.42. The third-order valence-electron chi connectivity index (χ3n) is 2.29. The van der Waals surface area contributed by atoms with Gasteiger partial charge in [0.15, 0.2) is 0 Å². The molecule has 106 valence electrons. The first-order valence-electron chi connectivity index (χ1n) is 5.17. The van der Waals surface area contributed by atoms with E-state index in [9.17, 15) is 12.8 Å². The van der Waals surface area contributed by atoms with Crippen LogP contribution in [-0.2, 0) is 10.0 Å². The zero-order valence-corrected chi connectivity index (χ0v) is 13.8. The van der Waals surface area contributed by atoms with Gasteiger partial charge in [-0.15, -0.1) is 0 Å². The van der Waals surface area contributed by atoms with Gasteiger partial charge < -0.3 is 5.73 Å². The fraction of sp³-hybridized carbons (Fsp3) is 0. The first-order valence-corrected chi connectivity index (χ1v) is 8.24. The molecule has 5 nitrogen and oxygen atoms in total. The topological polar surface area (TPSA) is 85.1 Å². The van der Waals surface area contributed by atoms with Crippen molar-refractivity contribution in [2.45, 2.75) is 4.90 Å². The first kappa shape index (κ1) is 15.2. The fourth-order valence-corrected chi connectivity index (χ4v) is 4.18. The molecular weight excluding hydrogens is 417 g/mol. The summed E-state index contributed by atoms with van der Waals surface area (Å²) in [5.41, 5.74) is 6.35. The van der Waals surface area contributed by atoms with Crippen molar-refractivity contribution in [1.29, 1.82) is 0 Å². The summed E-state index contributed by atoms with van der Waals surface area (Å²) in [6.45, 7) is 0. The number of benzene rings is 1. The largest absolute Gasteiger partial charge is 0.399 e. The van der Waals surface area contributed by atoms with Gasteiger partial charge in [0, 0.05) is 20.8 Å². The minimum atomic E-state index is -3.95. The Hall–Kier alpha value is -1.19. The molecule has 0 aliphatic heterocycles. The molecule has 0 bridgehead atoms. The maximum absolute atomic E-state index is 13.1. The van der Waals surface area contributed by atoms with Crippen molar-refractivity contribution in [1.82, 2.24) is 4.98 Å². The third-order valence-corrected chi connectivity index (χ3v) is 4.86. The summed E-state index contributed by atoms with van der Waals surface area (Å²) in [6, 6.07) is 3.98. The van der Waals surface area contributed by atoms with E-state index >= 15 is 0 Å². The van der Waals surface area contributed by atoms with Gasteiger partial charge >= 0.3 is 0 Å². The second-order valence-electron chi connectivity index (χ2n) is 3.80. The average Bonchev–Trinajstić information content (AvgIpc) is 2.34. The summed E-state index contributed by atoms with van der Waals surface area (Å²) in [6.07, 6.45) is 1.98. The minimum Gasteiger partial charge on any atom is -0.399 e. The Kier molecular flexibility index (Phi) is 4.31. The van der Waals surface area contributed by atoms with Gasteiger partial charge in [-0.1, -0.05) is 0 Å². The van der Waals surface area contributed by atoms with E-state index in [-0.39, 0.29) is 10.6 Å². The number of aromatic nitrogens is 1. The molecule has 0 unspecified atom stereocenters. The van der Waals surface area contributed by atoms with E-state index in [1.165, 1.54) is 0 Å². The van der Waals surface area contributed by atoms with Crippen LogP contribution in [0.25, 0.3) is 0 Å². The van der Waals surface area contributed by atoms with Crippen molar-refractivity contribution in [2.24, 2.45) is 0 Å². The van der Waals surface area contributed by atoms with Crippen LogP contribution in [0.3, 0.4) is 0 Å². The molecule has 0 aliphatic rings. The van der Waals surface area contributed by atoms with Crippen LogP contribution in [0, 0.1) is 5.82 Å². The number of hydrogen-bond donors (Lipinski definition) is 2. The van der Waals surface area contributed by atoms with E-state index in [0.29, 0.717) is 14.6 Å². The molecule has 1 heterocycles. The molecule has 0 fully saturated rings. The summed E-state index contributed by atoms with van der Waals surface area (Å²) in [5, 5.41) is 0. The molecule has 0 amide bonds. The van der Waals surface area contributed by atoms with Crippen LogP contribution < -0.4 is 10.5 Å². The lowest BCUT2D eigenvalue weighted by Gasteiger charge is -2.12. The number of pyridine rings is 1. The Balaban J connectivity index is 2.44. The van der Waals surface area contributed by atoms with Crippen LogP contribution in [0.2, 0.25) is 0 Å². The monoisotopic (exact) mass is 423 g/mol. The van der Waals surface area contributed by atoms with E-state index < -0.39 is 15.8 Å². The van der Waals surface area contributed by atoms with Gasteiger partial charge in [-0.25, -0.2) is 12.8 Å². The van der Waals surface area contributed by atoms with Crippen molar-refractivity contribution >= 4 is 53.3 Å². The normalized spacial score (nSPS) is 11.3. The highest BCUT2D eigenvalue weighted by Crippen LogP contribution is 2.34. The number of sulfonamides is 1. The Labute approximate surface area is 131 Å². The molecule has 1 aromatic heterocycles. The lowest BCUT2D eigenvalue weighted by molar-refractivity contribution is 0.592. The molecule has 3 N–H and O–H groups in total. The molecule has 20 heavy (non-hydrogen) atoms. The number of rotatable bonds is 3. The van der Waals surface area contributed by atoms with E-state index in [1.807, 2.05) is 0 Å². The van der Waals surface area contributed by atoms with Crippen LogP contribution in [0.5, 0.6) is 0 Å². The van der Waals surface area contributed by atoms with Gasteiger partial charge in [0.25, 0.3) is 10.0 Å². The molecule has 2 rings (SSSR count). The first-order chi connectivity index (χ1) is 9.29. The molecule has 0 saturated heterocycles.